The maximum absolute atomic E-state index is 12.9. The first-order chi connectivity index (χ1) is 13.3. The summed E-state index contributed by atoms with van der Waals surface area (Å²) >= 11 is 0. The Bertz CT molecular complexity index is 870. The van der Waals surface area contributed by atoms with E-state index >= 15 is 0 Å². The smallest absolute Gasteiger partial charge is 0.229 e. The van der Waals surface area contributed by atoms with Crippen molar-refractivity contribution in [1.82, 2.24) is 4.90 Å². The predicted octanol–water partition coefficient (Wildman–Crippen LogP) is 4.34. The quantitative estimate of drug-likeness (QED) is 0.839. The molecule has 0 aromatic heterocycles. The molecule has 2 amide bonds. The van der Waals surface area contributed by atoms with Gasteiger partial charge in [-0.15, -0.1) is 0 Å². The van der Waals surface area contributed by atoms with Crippen molar-refractivity contribution in [2.75, 3.05) is 18.5 Å². The lowest BCUT2D eigenvalue weighted by Crippen LogP contribution is -2.42. The molecule has 5 nitrogen and oxygen atoms in total. The van der Waals surface area contributed by atoms with Gasteiger partial charge < -0.3 is 15.0 Å². The molecule has 3 rings (SSSR count). The number of likely N-dealkylation sites (tertiary alicyclic amines) is 1. The van der Waals surface area contributed by atoms with Crippen LogP contribution in [0.25, 0.3) is 11.1 Å². The van der Waals surface area contributed by atoms with Crippen molar-refractivity contribution in [2.45, 2.75) is 39.7 Å². The van der Waals surface area contributed by atoms with Crippen molar-refractivity contribution in [1.29, 1.82) is 0 Å². The van der Waals surface area contributed by atoms with Gasteiger partial charge in [0.05, 0.1) is 12.5 Å². The van der Waals surface area contributed by atoms with Crippen LogP contribution >= 0.6 is 0 Å². The van der Waals surface area contributed by atoms with E-state index < -0.39 is 0 Å². The fraction of sp³-hybridized carbons (Fsp3) is 0.391. The number of rotatable bonds is 5. The molecule has 5 heteroatoms. The van der Waals surface area contributed by atoms with E-state index in [1.54, 1.807) is 4.90 Å². The molecule has 1 N–H and O–H groups in total. The van der Waals surface area contributed by atoms with E-state index in [-0.39, 0.29) is 29.7 Å². The van der Waals surface area contributed by atoms with E-state index in [0.29, 0.717) is 13.2 Å². The minimum Gasteiger partial charge on any atom is -0.493 e. The van der Waals surface area contributed by atoms with Crippen LogP contribution in [-0.2, 0) is 9.59 Å². The molecule has 1 aliphatic heterocycles. The molecule has 1 aliphatic rings. The third-order valence-electron chi connectivity index (χ3n) is 4.97. The maximum atomic E-state index is 12.9. The molecule has 0 spiro atoms. The Hall–Kier alpha value is -2.82. The van der Waals surface area contributed by atoms with Crippen molar-refractivity contribution in [2.24, 2.45) is 5.92 Å². The fourth-order valence-corrected chi connectivity index (χ4v) is 3.56. The highest BCUT2D eigenvalue weighted by molar-refractivity contribution is 6.00. The number of hydrogen-bond donors (Lipinski definition) is 1. The monoisotopic (exact) mass is 380 g/mol. The summed E-state index contributed by atoms with van der Waals surface area (Å²) in [5.41, 5.74) is 2.28. The van der Waals surface area contributed by atoms with E-state index in [2.05, 4.69) is 5.32 Å². The molecule has 0 radical (unpaired) electrons. The minimum absolute atomic E-state index is 0.0302. The first-order valence-electron chi connectivity index (χ1n) is 9.74. The number of nitrogens with zero attached hydrogens (tertiary/aromatic N) is 1. The zero-order valence-corrected chi connectivity index (χ0v) is 17.0. The van der Waals surface area contributed by atoms with Crippen LogP contribution in [-0.4, -0.2) is 35.4 Å². The standard InChI is InChI=1S/C23H28N2O3/c1-5-28-20-13-9-7-11-18(20)17-10-6-8-12-19(17)24-22(27)16-14-21(26)25(15-16)23(2,3)4/h6-13,16H,5,14-15H2,1-4H3,(H,24,27). The van der Waals surface area contributed by atoms with Gasteiger partial charge in [0.1, 0.15) is 5.75 Å². The lowest BCUT2D eigenvalue weighted by atomic mass is 10.0. The first-order valence-corrected chi connectivity index (χ1v) is 9.74. The summed E-state index contributed by atoms with van der Waals surface area (Å²) < 4.78 is 5.75. The van der Waals surface area contributed by atoms with Crippen LogP contribution in [0.2, 0.25) is 0 Å². The average molecular weight is 380 g/mol. The predicted molar refractivity (Wildman–Crippen MR) is 111 cm³/mol. The van der Waals surface area contributed by atoms with Gasteiger partial charge in [-0.05, 0) is 39.8 Å². The Morgan fingerprint density at radius 1 is 1.11 bits per heavy atom. The fourth-order valence-electron chi connectivity index (χ4n) is 3.56. The van der Waals surface area contributed by atoms with Gasteiger partial charge >= 0.3 is 0 Å². The normalized spacial score (nSPS) is 16.9. The summed E-state index contributed by atoms with van der Waals surface area (Å²) in [6, 6.07) is 15.5. The number of carbonyl (C=O) groups excluding carboxylic acids is 2. The van der Waals surface area contributed by atoms with Gasteiger partial charge in [-0.2, -0.15) is 0 Å². The molecule has 1 fully saturated rings. The Morgan fingerprint density at radius 3 is 2.39 bits per heavy atom. The largest absolute Gasteiger partial charge is 0.493 e. The molecule has 0 bridgehead atoms. The summed E-state index contributed by atoms with van der Waals surface area (Å²) in [5.74, 6) is 0.340. The number of nitrogens with one attached hydrogen (secondary N) is 1. The average Bonchev–Trinajstić information content (AvgIpc) is 3.05. The third-order valence-corrected chi connectivity index (χ3v) is 4.97. The van der Waals surface area contributed by atoms with Crippen LogP contribution in [0.3, 0.4) is 0 Å². The van der Waals surface area contributed by atoms with Gasteiger partial charge in [-0.25, -0.2) is 0 Å². The summed E-state index contributed by atoms with van der Waals surface area (Å²) in [6.07, 6.45) is 0.251. The van der Waals surface area contributed by atoms with Gasteiger partial charge in [-0.1, -0.05) is 36.4 Å². The maximum Gasteiger partial charge on any atom is 0.229 e. The number of hydrogen-bond acceptors (Lipinski definition) is 3. The second-order valence-corrected chi connectivity index (χ2v) is 8.04. The number of anilines is 1. The minimum atomic E-state index is -0.345. The van der Waals surface area contributed by atoms with Crippen LogP contribution in [0.1, 0.15) is 34.1 Å². The zero-order valence-electron chi connectivity index (χ0n) is 17.0. The van der Waals surface area contributed by atoms with E-state index in [1.807, 2.05) is 76.2 Å². The Balaban J connectivity index is 1.83. The molecule has 2 aromatic rings. The highest BCUT2D eigenvalue weighted by Gasteiger charge is 2.39. The van der Waals surface area contributed by atoms with Gasteiger partial charge in [0.25, 0.3) is 0 Å². The molecule has 28 heavy (non-hydrogen) atoms. The zero-order chi connectivity index (χ0) is 20.3. The van der Waals surface area contributed by atoms with Crippen molar-refractivity contribution < 1.29 is 14.3 Å². The number of ether oxygens (including phenoxy) is 1. The molecule has 1 saturated heterocycles. The molecule has 0 aliphatic carbocycles. The number of benzene rings is 2. The molecular formula is C23H28N2O3. The second kappa shape index (κ2) is 8.05. The number of para-hydroxylation sites is 2. The van der Waals surface area contributed by atoms with Crippen molar-refractivity contribution >= 4 is 17.5 Å². The van der Waals surface area contributed by atoms with E-state index in [1.165, 1.54) is 0 Å². The lowest BCUT2D eigenvalue weighted by molar-refractivity contribution is -0.131. The van der Waals surface area contributed by atoms with Crippen molar-refractivity contribution in [3.63, 3.8) is 0 Å². The van der Waals surface area contributed by atoms with Crippen LogP contribution in [0, 0.1) is 5.92 Å². The summed E-state index contributed by atoms with van der Waals surface area (Å²) in [4.78, 5) is 27.0. The van der Waals surface area contributed by atoms with Gasteiger partial charge in [0, 0.05) is 35.3 Å². The molecule has 1 unspecified atom stereocenters. The van der Waals surface area contributed by atoms with E-state index in [4.69, 9.17) is 4.74 Å². The molecule has 1 atom stereocenters. The van der Waals surface area contributed by atoms with Crippen LogP contribution in [0.15, 0.2) is 48.5 Å². The second-order valence-electron chi connectivity index (χ2n) is 8.04. The number of amides is 2. The highest BCUT2D eigenvalue weighted by Crippen LogP contribution is 2.35. The van der Waals surface area contributed by atoms with Crippen LogP contribution in [0.4, 0.5) is 5.69 Å². The van der Waals surface area contributed by atoms with Crippen LogP contribution in [0.5, 0.6) is 5.75 Å². The lowest BCUT2D eigenvalue weighted by Gasteiger charge is -2.32. The van der Waals surface area contributed by atoms with Gasteiger partial charge in [0.15, 0.2) is 0 Å². The van der Waals surface area contributed by atoms with Gasteiger partial charge in [0.2, 0.25) is 11.8 Å². The SMILES string of the molecule is CCOc1ccccc1-c1ccccc1NC(=O)C1CC(=O)N(C(C)(C)C)C1. The third kappa shape index (κ3) is 4.19. The Labute approximate surface area is 166 Å². The molecule has 1 heterocycles. The molecule has 2 aromatic carbocycles. The molecular weight excluding hydrogens is 352 g/mol. The van der Waals surface area contributed by atoms with E-state index in [9.17, 15) is 9.59 Å². The summed E-state index contributed by atoms with van der Waals surface area (Å²) in [7, 11) is 0. The Kier molecular flexibility index (Phi) is 5.73. The van der Waals surface area contributed by atoms with Crippen molar-refractivity contribution in [3.8, 4) is 16.9 Å². The molecule has 148 valence electrons. The summed E-state index contributed by atoms with van der Waals surface area (Å²) in [5, 5.41) is 3.04. The Morgan fingerprint density at radius 2 is 1.75 bits per heavy atom. The van der Waals surface area contributed by atoms with Gasteiger partial charge in [-0.3, -0.25) is 9.59 Å². The first kappa shape index (κ1) is 19.9. The number of carbonyl (C=O) groups is 2. The molecule has 0 saturated carbocycles. The van der Waals surface area contributed by atoms with E-state index in [0.717, 1.165) is 22.6 Å². The highest BCUT2D eigenvalue weighted by atomic mass is 16.5. The summed E-state index contributed by atoms with van der Waals surface area (Å²) in [6.45, 7) is 8.94. The topological polar surface area (TPSA) is 58.6 Å². The van der Waals surface area contributed by atoms with Crippen LogP contribution < -0.4 is 10.1 Å². The van der Waals surface area contributed by atoms with Crippen molar-refractivity contribution in [3.05, 3.63) is 48.5 Å².